The zero-order valence-electron chi connectivity index (χ0n) is 10.8. The second-order valence-corrected chi connectivity index (χ2v) is 4.63. The lowest BCUT2D eigenvalue weighted by molar-refractivity contribution is -0.385. The number of aliphatic hydroxyl groups excluding tert-OH is 1. The summed E-state index contributed by atoms with van der Waals surface area (Å²) < 4.78 is 0. The van der Waals surface area contributed by atoms with Gasteiger partial charge in [-0.1, -0.05) is 25.1 Å². The summed E-state index contributed by atoms with van der Waals surface area (Å²) >= 11 is 0. The number of hydrogen-bond acceptors (Lipinski definition) is 4. The Morgan fingerprint density at radius 1 is 1.44 bits per heavy atom. The molecule has 1 aromatic rings. The zero-order chi connectivity index (χ0) is 13.6. The number of nitrogens with one attached hydrogen (secondary N) is 1. The van der Waals surface area contributed by atoms with Crippen molar-refractivity contribution in [2.75, 3.05) is 13.2 Å². The van der Waals surface area contributed by atoms with Crippen LogP contribution in [0.1, 0.15) is 25.8 Å². The van der Waals surface area contributed by atoms with Crippen LogP contribution in [-0.2, 0) is 6.42 Å². The first-order valence-corrected chi connectivity index (χ1v) is 6.10. The van der Waals surface area contributed by atoms with E-state index in [-0.39, 0.29) is 22.8 Å². The van der Waals surface area contributed by atoms with Gasteiger partial charge in [0, 0.05) is 23.7 Å². The number of nitrogens with zero attached hydrogens (tertiary/aromatic N) is 1. The van der Waals surface area contributed by atoms with Crippen LogP contribution in [0.4, 0.5) is 5.69 Å². The summed E-state index contributed by atoms with van der Waals surface area (Å²) in [6.07, 6.45) is 1.38. The third-order valence-electron chi connectivity index (χ3n) is 3.26. The third kappa shape index (κ3) is 3.78. The van der Waals surface area contributed by atoms with Crippen molar-refractivity contribution >= 4 is 5.69 Å². The van der Waals surface area contributed by atoms with Crippen molar-refractivity contribution in [3.05, 3.63) is 39.9 Å². The fourth-order valence-corrected chi connectivity index (χ4v) is 1.69. The van der Waals surface area contributed by atoms with Gasteiger partial charge in [0.15, 0.2) is 0 Å². The SMILES string of the molecule is CCC(C)(CO)NCCc1ccccc1[N+](=O)[O-]. The minimum absolute atomic E-state index is 0.0559. The molecule has 0 saturated heterocycles. The highest BCUT2D eigenvalue weighted by Crippen LogP contribution is 2.18. The van der Waals surface area contributed by atoms with Crippen LogP contribution in [0.5, 0.6) is 0 Å². The van der Waals surface area contributed by atoms with Crippen molar-refractivity contribution in [3.8, 4) is 0 Å². The summed E-state index contributed by atoms with van der Waals surface area (Å²) in [4.78, 5) is 10.5. The molecule has 18 heavy (non-hydrogen) atoms. The summed E-state index contributed by atoms with van der Waals surface area (Å²) in [5.74, 6) is 0. The van der Waals surface area contributed by atoms with Gasteiger partial charge in [-0.25, -0.2) is 0 Å². The molecule has 0 aromatic heterocycles. The van der Waals surface area contributed by atoms with Crippen molar-refractivity contribution in [3.63, 3.8) is 0 Å². The fourth-order valence-electron chi connectivity index (χ4n) is 1.69. The van der Waals surface area contributed by atoms with Gasteiger partial charge in [0.25, 0.3) is 5.69 Å². The monoisotopic (exact) mass is 252 g/mol. The average Bonchev–Trinajstić information content (AvgIpc) is 2.39. The number of benzene rings is 1. The van der Waals surface area contributed by atoms with E-state index in [1.165, 1.54) is 6.07 Å². The van der Waals surface area contributed by atoms with Gasteiger partial charge in [0.2, 0.25) is 0 Å². The molecule has 0 heterocycles. The smallest absolute Gasteiger partial charge is 0.272 e. The van der Waals surface area contributed by atoms with Gasteiger partial charge < -0.3 is 10.4 Å². The summed E-state index contributed by atoms with van der Waals surface area (Å²) in [6.45, 7) is 4.59. The molecule has 0 saturated carbocycles. The van der Waals surface area contributed by atoms with Gasteiger partial charge >= 0.3 is 0 Å². The molecule has 0 aliphatic rings. The van der Waals surface area contributed by atoms with Crippen molar-refractivity contribution in [2.45, 2.75) is 32.2 Å². The molecule has 0 fully saturated rings. The van der Waals surface area contributed by atoms with Gasteiger partial charge in [-0.3, -0.25) is 10.1 Å². The summed E-state index contributed by atoms with van der Waals surface area (Å²) in [7, 11) is 0. The molecule has 100 valence electrons. The number of rotatable bonds is 7. The Kier molecular flexibility index (Phi) is 5.25. The highest BCUT2D eigenvalue weighted by Gasteiger charge is 2.20. The molecule has 5 nitrogen and oxygen atoms in total. The maximum absolute atomic E-state index is 10.8. The predicted octanol–water partition coefficient (Wildman–Crippen LogP) is 1.89. The number of nitro groups is 1. The highest BCUT2D eigenvalue weighted by atomic mass is 16.6. The van der Waals surface area contributed by atoms with E-state index in [1.807, 2.05) is 13.8 Å². The molecule has 2 N–H and O–H groups in total. The molecular weight excluding hydrogens is 232 g/mol. The van der Waals surface area contributed by atoms with E-state index in [1.54, 1.807) is 18.2 Å². The van der Waals surface area contributed by atoms with Gasteiger partial charge in [0.05, 0.1) is 11.5 Å². The quantitative estimate of drug-likeness (QED) is 0.574. The van der Waals surface area contributed by atoms with E-state index >= 15 is 0 Å². The Morgan fingerprint density at radius 2 is 2.11 bits per heavy atom. The van der Waals surface area contributed by atoms with Gasteiger partial charge in [-0.2, -0.15) is 0 Å². The van der Waals surface area contributed by atoms with Gasteiger partial charge in [-0.05, 0) is 19.8 Å². The van der Waals surface area contributed by atoms with Crippen molar-refractivity contribution in [1.29, 1.82) is 0 Å². The van der Waals surface area contributed by atoms with E-state index in [4.69, 9.17) is 0 Å². The first-order chi connectivity index (χ1) is 8.52. The number of hydrogen-bond donors (Lipinski definition) is 2. The van der Waals surface area contributed by atoms with E-state index < -0.39 is 0 Å². The van der Waals surface area contributed by atoms with Crippen LogP contribution in [0, 0.1) is 10.1 Å². The molecule has 1 rings (SSSR count). The number of para-hydroxylation sites is 1. The van der Waals surface area contributed by atoms with Crippen LogP contribution in [0.25, 0.3) is 0 Å². The maximum Gasteiger partial charge on any atom is 0.272 e. The van der Waals surface area contributed by atoms with E-state index in [0.717, 1.165) is 6.42 Å². The van der Waals surface area contributed by atoms with Crippen molar-refractivity contribution in [1.82, 2.24) is 5.32 Å². The summed E-state index contributed by atoms with van der Waals surface area (Å²) in [5.41, 5.74) is 0.553. The lowest BCUT2D eigenvalue weighted by Crippen LogP contribution is -2.45. The molecular formula is C13H20N2O3. The minimum atomic E-state index is -0.361. The Balaban J connectivity index is 2.62. The predicted molar refractivity (Wildman–Crippen MR) is 70.6 cm³/mol. The number of nitro benzene ring substituents is 1. The molecule has 0 aliphatic carbocycles. The average molecular weight is 252 g/mol. The molecule has 5 heteroatoms. The Morgan fingerprint density at radius 3 is 2.67 bits per heavy atom. The lowest BCUT2D eigenvalue weighted by atomic mass is 9.99. The second-order valence-electron chi connectivity index (χ2n) is 4.63. The second kappa shape index (κ2) is 6.47. The van der Waals surface area contributed by atoms with Crippen LogP contribution in [0.15, 0.2) is 24.3 Å². The molecule has 0 amide bonds. The standard InChI is InChI=1S/C13H20N2O3/c1-3-13(2,10-16)14-9-8-11-6-4-5-7-12(11)15(17)18/h4-7,14,16H,3,8-10H2,1-2H3. The number of aliphatic hydroxyl groups is 1. The van der Waals surface area contributed by atoms with Crippen LogP contribution in [0.3, 0.4) is 0 Å². The molecule has 0 spiro atoms. The van der Waals surface area contributed by atoms with E-state index in [0.29, 0.717) is 18.5 Å². The Bertz CT molecular complexity index is 403. The Hall–Kier alpha value is -1.46. The van der Waals surface area contributed by atoms with Crippen LogP contribution < -0.4 is 5.32 Å². The largest absolute Gasteiger partial charge is 0.394 e. The third-order valence-corrected chi connectivity index (χ3v) is 3.26. The van der Waals surface area contributed by atoms with Gasteiger partial charge in [0.1, 0.15) is 0 Å². The van der Waals surface area contributed by atoms with Crippen LogP contribution in [0.2, 0.25) is 0 Å². The topological polar surface area (TPSA) is 75.4 Å². The molecule has 1 aromatic carbocycles. The molecule has 1 unspecified atom stereocenters. The first kappa shape index (κ1) is 14.6. The van der Waals surface area contributed by atoms with E-state index in [9.17, 15) is 15.2 Å². The fraction of sp³-hybridized carbons (Fsp3) is 0.538. The minimum Gasteiger partial charge on any atom is -0.394 e. The highest BCUT2D eigenvalue weighted by molar-refractivity contribution is 5.39. The van der Waals surface area contributed by atoms with Gasteiger partial charge in [-0.15, -0.1) is 0 Å². The van der Waals surface area contributed by atoms with Crippen molar-refractivity contribution in [2.24, 2.45) is 0 Å². The molecule has 0 bridgehead atoms. The maximum atomic E-state index is 10.8. The molecule has 0 radical (unpaired) electrons. The lowest BCUT2D eigenvalue weighted by Gasteiger charge is -2.27. The zero-order valence-corrected chi connectivity index (χ0v) is 10.8. The van der Waals surface area contributed by atoms with Crippen molar-refractivity contribution < 1.29 is 10.0 Å². The normalized spacial score (nSPS) is 14.2. The Labute approximate surface area is 107 Å². The summed E-state index contributed by atoms with van der Waals surface area (Å²) in [5, 5.41) is 23.3. The van der Waals surface area contributed by atoms with Crippen LogP contribution in [-0.4, -0.2) is 28.7 Å². The summed E-state index contributed by atoms with van der Waals surface area (Å²) in [6, 6.07) is 6.74. The van der Waals surface area contributed by atoms with Crippen LogP contribution >= 0.6 is 0 Å². The van der Waals surface area contributed by atoms with E-state index in [2.05, 4.69) is 5.32 Å². The first-order valence-electron chi connectivity index (χ1n) is 6.10. The molecule has 1 atom stereocenters. The molecule has 0 aliphatic heterocycles.